The molecule has 0 saturated heterocycles. The summed E-state index contributed by atoms with van der Waals surface area (Å²) in [5, 5.41) is 10.9. The van der Waals surface area contributed by atoms with Gasteiger partial charge < -0.3 is 5.53 Å². The third-order valence-electron chi connectivity index (χ3n) is 0.982. The number of aryl methyl sites for hydroxylation is 1. The van der Waals surface area contributed by atoms with E-state index in [9.17, 15) is 0 Å². The van der Waals surface area contributed by atoms with E-state index in [-0.39, 0.29) is 0 Å². The van der Waals surface area contributed by atoms with Crippen LogP contribution in [0.4, 0.5) is 0 Å². The van der Waals surface area contributed by atoms with Crippen LogP contribution in [0.1, 0.15) is 12.7 Å². The molecule has 6 nitrogen and oxygen atoms in total. The molecule has 0 aliphatic carbocycles. The first kappa shape index (κ1) is 6.57. The Balaban J connectivity index is 3.07. The second kappa shape index (κ2) is 2.36. The van der Waals surface area contributed by atoms with Crippen LogP contribution in [0.2, 0.25) is 0 Å². The fourth-order valence-corrected chi connectivity index (χ4v) is 0.474. The highest BCUT2D eigenvalue weighted by Gasteiger charge is 2.09. The number of rotatable bonds is 1. The van der Waals surface area contributed by atoms with E-state index >= 15 is 0 Å². The summed E-state index contributed by atoms with van der Waals surface area (Å²) in [6.07, 6.45) is 0. The lowest BCUT2D eigenvalue weighted by Crippen LogP contribution is -1.99. The zero-order valence-electron chi connectivity index (χ0n) is 5.68. The van der Waals surface area contributed by atoms with E-state index in [1.165, 1.54) is 4.80 Å². The molecular weight excluding hydrogens is 132 g/mol. The smallest absolute Gasteiger partial charge is 0.336 e. The van der Waals surface area contributed by atoms with Crippen molar-refractivity contribution in [3.05, 3.63) is 11.4 Å². The Hall–Kier alpha value is -1.55. The summed E-state index contributed by atoms with van der Waals surface area (Å²) in [7, 11) is 1.64. The van der Waals surface area contributed by atoms with Gasteiger partial charge >= 0.3 is 5.71 Å². The maximum Gasteiger partial charge on any atom is 0.336 e. The normalized spacial score (nSPS) is 9.00. The lowest BCUT2D eigenvalue weighted by Gasteiger charge is -1.75. The molecule has 0 atom stereocenters. The van der Waals surface area contributed by atoms with Gasteiger partial charge in [-0.3, -0.25) is 0 Å². The molecule has 0 amide bonds. The summed E-state index contributed by atoms with van der Waals surface area (Å²) in [6, 6.07) is 0. The summed E-state index contributed by atoms with van der Waals surface area (Å²) in [5.41, 5.74) is 8.62. The Morgan fingerprint density at radius 3 is 2.80 bits per heavy atom. The molecule has 1 aromatic heterocycles. The SMILES string of the molecule is CC(=[N+]=[N-])c1nnn(C)n1. The van der Waals surface area contributed by atoms with Crippen molar-refractivity contribution >= 4 is 5.71 Å². The van der Waals surface area contributed by atoms with Crippen LogP contribution in [0.5, 0.6) is 0 Å². The van der Waals surface area contributed by atoms with Crippen LogP contribution in [0.25, 0.3) is 5.53 Å². The van der Waals surface area contributed by atoms with Crippen molar-refractivity contribution in [2.24, 2.45) is 7.05 Å². The lowest BCUT2D eigenvalue weighted by molar-refractivity contribution is -0.00534. The molecule has 0 fully saturated rings. The van der Waals surface area contributed by atoms with Gasteiger partial charge in [-0.1, -0.05) is 0 Å². The molecule has 6 heteroatoms. The highest BCUT2D eigenvalue weighted by atomic mass is 15.6. The van der Waals surface area contributed by atoms with E-state index in [0.717, 1.165) is 0 Å². The zero-order valence-corrected chi connectivity index (χ0v) is 5.68. The van der Waals surface area contributed by atoms with Crippen molar-refractivity contribution in [2.75, 3.05) is 0 Å². The third-order valence-corrected chi connectivity index (χ3v) is 0.982. The van der Waals surface area contributed by atoms with E-state index in [1.54, 1.807) is 14.0 Å². The molecule has 0 radical (unpaired) electrons. The van der Waals surface area contributed by atoms with Gasteiger partial charge in [0.05, 0.1) is 7.05 Å². The van der Waals surface area contributed by atoms with E-state index in [4.69, 9.17) is 5.53 Å². The molecule has 1 rings (SSSR count). The van der Waals surface area contributed by atoms with Crippen molar-refractivity contribution in [1.82, 2.24) is 20.2 Å². The van der Waals surface area contributed by atoms with E-state index in [1.807, 2.05) is 0 Å². The molecule has 0 bridgehead atoms. The first-order chi connectivity index (χ1) is 4.74. The molecule has 0 aliphatic rings. The first-order valence-corrected chi connectivity index (χ1v) is 2.67. The monoisotopic (exact) mass is 138 g/mol. The highest BCUT2D eigenvalue weighted by molar-refractivity contribution is 5.90. The van der Waals surface area contributed by atoms with Crippen LogP contribution in [-0.2, 0) is 7.05 Å². The minimum Gasteiger partial charge on any atom is -0.361 e. The van der Waals surface area contributed by atoms with Crippen molar-refractivity contribution < 1.29 is 4.79 Å². The predicted molar refractivity (Wildman–Crippen MR) is 32.2 cm³/mol. The molecule has 1 heterocycles. The molecule has 1 aromatic rings. The Morgan fingerprint density at radius 2 is 2.40 bits per heavy atom. The van der Waals surface area contributed by atoms with Gasteiger partial charge in [0.2, 0.25) is 0 Å². The quantitative estimate of drug-likeness (QED) is 0.291. The van der Waals surface area contributed by atoms with Crippen molar-refractivity contribution in [3.63, 3.8) is 0 Å². The Bertz CT molecular complexity index is 280. The van der Waals surface area contributed by atoms with Gasteiger partial charge in [0.15, 0.2) is 0 Å². The molecule has 52 valence electrons. The van der Waals surface area contributed by atoms with Crippen molar-refractivity contribution in [3.8, 4) is 0 Å². The Labute approximate surface area is 57.1 Å². The summed E-state index contributed by atoms with van der Waals surface area (Å²) < 4.78 is 0. The summed E-state index contributed by atoms with van der Waals surface area (Å²) in [4.78, 5) is 4.21. The van der Waals surface area contributed by atoms with Gasteiger partial charge in [0.25, 0.3) is 5.82 Å². The topological polar surface area (TPSA) is 80.0 Å². The number of aromatic nitrogens is 4. The number of nitrogens with zero attached hydrogens (tertiary/aromatic N) is 6. The van der Waals surface area contributed by atoms with Gasteiger partial charge in [0.1, 0.15) is 0 Å². The highest BCUT2D eigenvalue weighted by Crippen LogP contribution is 1.83. The predicted octanol–water partition coefficient (Wildman–Crippen LogP) is -0.751. The van der Waals surface area contributed by atoms with Gasteiger partial charge in [-0.25, -0.2) is 0 Å². The Kier molecular flexibility index (Phi) is 1.55. The van der Waals surface area contributed by atoms with E-state index < -0.39 is 0 Å². The summed E-state index contributed by atoms with van der Waals surface area (Å²) >= 11 is 0. The van der Waals surface area contributed by atoms with Gasteiger partial charge in [-0.05, 0) is 5.21 Å². The molecule has 0 N–H and O–H groups in total. The van der Waals surface area contributed by atoms with Crippen LogP contribution in [0.3, 0.4) is 0 Å². The largest absolute Gasteiger partial charge is 0.361 e. The second-order valence-corrected chi connectivity index (χ2v) is 1.79. The van der Waals surface area contributed by atoms with Gasteiger partial charge in [0, 0.05) is 6.92 Å². The molecule has 10 heavy (non-hydrogen) atoms. The van der Waals surface area contributed by atoms with Crippen LogP contribution in [0.15, 0.2) is 0 Å². The minimum absolute atomic E-state index is 0.338. The Morgan fingerprint density at radius 1 is 1.70 bits per heavy atom. The van der Waals surface area contributed by atoms with Crippen molar-refractivity contribution in [1.29, 1.82) is 0 Å². The fourth-order valence-electron chi connectivity index (χ4n) is 0.474. The average molecular weight is 138 g/mol. The molecule has 0 aliphatic heterocycles. The van der Waals surface area contributed by atoms with Crippen LogP contribution in [-0.4, -0.2) is 30.7 Å². The first-order valence-electron chi connectivity index (χ1n) is 2.67. The fraction of sp³-hybridized carbons (Fsp3) is 0.500. The van der Waals surface area contributed by atoms with Crippen LogP contribution in [0, 0.1) is 0 Å². The number of hydrogen-bond donors (Lipinski definition) is 0. The lowest BCUT2D eigenvalue weighted by atomic mass is 10.4. The van der Waals surface area contributed by atoms with Crippen LogP contribution < -0.4 is 0 Å². The number of tetrazole rings is 1. The third kappa shape index (κ3) is 1.06. The maximum absolute atomic E-state index is 8.27. The van der Waals surface area contributed by atoms with Gasteiger partial charge in [-0.15, -0.1) is 10.2 Å². The summed E-state index contributed by atoms with van der Waals surface area (Å²) in [6.45, 7) is 1.59. The van der Waals surface area contributed by atoms with Gasteiger partial charge in [-0.2, -0.15) is 9.59 Å². The number of hydrogen-bond acceptors (Lipinski definition) is 3. The zero-order chi connectivity index (χ0) is 7.56. The minimum atomic E-state index is 0.338. The molecule has 0 spiro atoms. The van der Waals surface area contributed by atoms with Crippen molar-refractivity contribution in [2.45, 2.75) is 6.92 Å². The van der Waals surface area contributed by atoms with E-state index in [2.05, 4.69) is 20.2 Å². The molecule has 0 aromatic carbocycles. The second-order valence-electron chi connectivity index (χ2n) is 1.79. The van der Waals surface area contributed by atoms with E-state index in [0.29, 0.717) is 11.5 Å². The maximum atomic E-state index is 8.27. The molecular formula is C4H6N6. The average Bonchev–Trinajstić information content (AvgIpc) is 2.34. The van der Waals surface area contributed by atoms with Crippen LogP contribution >= 0.6 is 0 Å². The molecule has 0 unspecified atom stereocenters. The molecule has 0 saturated carbocycles. The standard InChI is InChI=1S/C4H6N6/c1-3(6-5)4-7-9-10(2)8-4/h1-2H3. The summed E-state index contributed by atoms with van der Waals surface area (Å²) in [5.74, 6) is 0.338.